The molecule has 5 rings (SSSR count). The zero-order chi connectivity index (χ0) is 21.5. The number of fused-ring (bicyclic) bond motifs is 4. The number of hydrogen-bond acceptors (Lipinski definition) is 6. The van der Waals surface area contributed by atoms with E-state index in [0.29, 0.717) is 28.0 Å². The summed E-state index contributed by atoms with van der Waals surface area (Å²) in [5, 5.41) is 3.44. The van der Waals surface area contributed by atoms with E-state index in [1.165, 1.54) is 6.07 Å². The third kappa shape index (κ3) is 3.22. The van der Waals surface area contributed by atoms with Crippen LogP contribution < -0.4 is 10.4 Å². The van der Waals surface area contributed by atoms with Gasteiger partial charge >= 0.3 is 11.6 Å². The molecule has 0 aliphatic carbocycles. The Morgan fingerprint density at radius 1 is 0.935 bits per heavy atom. The molecule has 0 saturated carbocycles. The molecule has 0 saturated heterocycles. The van der Waals surface area contributed by atoms with Crippen molar-refractivity contribution in [3.63, 3.8) is 0 Å². The normalized spacial score (nSPS) is 11.3. The Labute approximate surface area is 176 Å². The molecule has 0 unspecified atom stereocenters. The lowest BCUT2D eigenvalue weighted by molar-refractivity contribution is 0.0438. The Morgan fingerprint density at radius 2 is 1.74 bits per heavy atom. The highest BCUT2D eigenvalue weighted by Crippen LogP contribution is 2.30. The minimum absolute atomic E-state index is 0.0885. The molecule has 5 aromatic rings. The van der Waals surface area contributed by atoms with Crippen LogP contribution in [-0.2, 0) is 11.3 Å². The van der Waals surface area contributed by atoms with Crippen LogP contribution in [0.15, 0.2) is 74.3 Å². The highest BCUT2D eigenvalue weighted by atomic mass is 16.5. The molecule has 6 heteroatoms. The van der Waals surface area contributed by atoms with Gasteiger partial charge in [-0.15, -0.1) is 0 Å². The van der Waals surface area contributed by atoms with Gasteiger partial charge in [0.25, 0.3) is 0 Å². The molecule has 0 atom stereocenters. The maximum Gasteiger partial charge on any atom is 0.374 e. The second-order valence-corrected chi connectivity index (χ2v) is 7.24. The van der Waals surface area contributed by atoms with Gasteiger partial charge in [0, 0.05) is 28.0 Å². The summed E-state index contributed by atoms with van der Waals surface area (Å²) in [6, 6.07) is 18.1. The summed E-state index contributed by atoms with van der Waals surface area (Å²) in [5.41, 5.74) is 1.76. The van der Waals surface area contributed by atoms with Gasteiger partial charge in [-0.1, -0.05) is 30.3 Å². The molecule has 6 nitrogen and oxygen atoms in total. The first-order valence-corrected chi connectivity index (χ1v) is 9.74. The van der Waals surface area contributed by atoms with Crippen molar-refractivity contribution in [3.05, 3.63) is 88.0 Å². The monoisotopic (exact) mass is 414 g/mol. The maximum absolute atomic E-state index is 12.8. The number of benzene rings is 3. The molecular weight excluding hydrogens is 396 g/mol. The van der Waals surface area contributed by atoms with Crippen molar-refractivity contribution in [3.8, 4) is 5.75 Å². The summed E-state index contributed by atoms with van der Waals surface area (Å²) in [6.07, 6.45) is 0. The number of carbonyl (C=O) groups is 1. The van der Waals surface area contributed by atoms with Crippen LogP contribution in [0.1, 0.15) is 21.7 Å². The molecule has 2 heterocycles. The summed E-state index contributed by atoms with van der Waals surface area (Å²) in [4.78, 5) is 24.8. The quantitative estimate of drug-likeness (QED) is 0.224. The summed E-state index contributed by atoms with van der Waals surface area (Å²) in [5.74, 6) is 0.195. The lowest BCUT2D eigenvalue weighted by Gasteiger charge is -2.09. The van der Waals surface area contributed by atoms with Crippen LogP contribution in [0.5, 0.6) is 5.75 Å². The number of aryl methyl sites for hydroxylation is 1. The van der Waals surface area contributed by atoms with E-state index in [1.807, 2.05) is 36.4 Å². The highest BCUT2D eigenvalue weighted by molar-refractivity contribution is 6.07. The Kier molecular flexibility index (Phi) is 4.47. The zero-order valence-corrected chi connectivity index (χ0v) is 16.9. The Balaban J connectivity index is 1.52. The van der Waals surface area contributed by atoms with Crippen molar-refractivity contribution in [2.45, 2.75) is 13.5 Å². The number of hydrogen-bond donors (Lipinski definition) is 0. The van der Waals surface area contributed by atoms with Crippen LogP contribution in [0.2, 0.25) is 0 Å². The van der Waals surface area contributed by atoms with E-state index in [-0.39, 0.29) is 12.4 Å². The number of methoxy groups -OCH3 is 1. The second kappa shape index (κ2) is 7.32. The van der Waals surface area contributed by atoms with Gasteiger partial charge in [0.1, 0.15) is 23.5 Å². The number of rotatable bonds is 4. The number of esters is 1. The smallest absolute Gasteiger partial charge is 0.374 e. The molecule has 0 spiro atoms. The van der Waals surface area contributed by atoms with E-state index in [9.17, 15) is 9.59 Å². The minimum Gasteiger partial charge on any atom is -0.497 e. The van der Waals surface area contributed by atoms with Crippen LogP contribution >= 0.6 is 0 Å². The Morgan fingerprint density at radius 3 is 2.58 bits per heavy atom. The van der Waals surface area contributed by atoms with Crippen LogP contribution in [0.25, 0.3) is 32.7 Å². The van der Waals surface area contributed by atoms with Crippen molar-refractivity contribution in [1.82, 2.24) is 0 Å². The van der Waals surface area contributed by atoms with Crippen molar-refractivity contribution >= 4 is 38.7 Å². The van der Waals surface area contributed by atoms with E-state index in [4.69, 9.17) is 18.3 Å². The molecule has 0 fully saturated rings. The molecule has 0 bridgehead atoms. The van der Waals surface area contributed by atoms with Gasteiger partial charge < -0.3 is 18.3 Å². The predicted molar refractivity (Wildman–Crippen MR) is 117 cm³/mol. The zero-order valence-electron chi connectivity index (χ0n) is 16.9. The summed E-state index contributed by atoms with van der Waals surface area (Å²) < 4.78 is 21.9. The SMILES string of the molecule is COc1ccc2oc(C(=O)OCc3cc(=O)oc4ccc5ccccc5c34)c(C)c2c1. The molecule has 0 aliphatic rings. The molecule has 2 aromatic heterocycles. The molecule has 31 heavy (non-hydrogen) atoms. The van der Waals surface area contributed by atoms with Crippen LogP contribution in [0.4, 0.5) is 0 Å². The molecule has 0 N–H and O–H groups in total. The molecule has 0 aliphatic heterocycles. The Bertz CT molecular complexity index is 1520. The fourth-order valence-electron chi connectivity index (χ4n) is 3.86. The van der Waals surface area contributed by atoms with Gasteiger partial charge in [-0.25, -0.2) is 9.59 Å². The molecule has 0 amide bonds. The largest absolute Gasteiger partial charge is 0.497 e. The second-order valence-electron chi connectivity index (χ2n) is 7.24. The average molecular weight is 414 g/mol. The Hall–Kier alpha value is -4.06. The lowest BCUT2D eigenvalue weighted by Crippen LogP contribution is -2.08. The molecule has 154 valence electrons. The first-order chi connectivity index (χ1) is 15.0. The first kappa shape index (κ1) is 18.9. The molecule has 3 aromatic carbocycles. The van der Waals surface area contributed by atoms with Gasteiger partial charge in [0.15, 0.2) is 0 Å². The predicted octanol–water partition coefficient (Wildman–Crippen LogP) is 5.37. The van der Waals surface area contributed by atoms with Crippen LogP contribution in [0, 0.1) is 6.92 Å². The van der Waals surface area contributed by atoms with Gasteiger partial charge in [-0.05, 0) is 42.0 Å². The fraction of sp³-hybridized carbons (Fsp3) is 0.120. The fourth-order valence-corrected chi connectivity index (χ4v) is 3.86. The first-order valence-electron chi connectivity index (χ1n) is 9.74. The maximum atomic E-state index is 12.8. The third-order valence-corrected chi connectivity index (χ3v) is 5.40. The number of ether oxygens (including phenoxy) is 2. The molecular formula is C25H18O6. The van der Waals surface area contributed by atoms with E-state index in [1.54, 1.807) is 32.2 Å². The van der Waals surface area contributed by atoms with Crippen LogP contribution in [0.3, 0.4) is 0 Å². The topological polar surface area (TPSA) is 78.9 Å². The highest BCUT2D eigenvalue weighted by Gasteiger charge is 2.20. The van der Waals surface area contributed by atoms with Gasteiger partial charge in [0.2, 0.25) is 5.76 Å². The van der Waals surface area contributed by atoms with Crippen molar-refractivity contribution in [2.75, 3.05) is 7.11 Å². The summed E-state index contributed by atoms with van der Waals surface area (Å²) in [6.45, 7) is 1.71. The molecule has 0 radical (unpaired) electrons. The van der Waals surface area contributed by atoms with E-state index in [0.717, 1.165) is 21.5 Å². The average Bonchev–Trinajstić information content (AvgIpc) is 3.12. The number of furan rings is 1. The standard InChI is InChI=1S/C25H18O6/c1-14-19-12-17(28-2)8-10-20(19)31-24(14)25(27)29-13-16-11-22(26)30-21-9-7-15-5-3-4-6-18(15)23(16)21/h3-12H,13H2,1-2H3. The van der Waals surface area contributed by atoms with E-state index >= 15 is 0 Å². The van der Waals surface area contributed by atoms with Crippen molar-refractivity contribution in [1.29, 1.82) is 0 Å². The van der Waals surface area contributed by atoms with E-state index < -0.39 is 11.6 Å². The van der Waals surface area contributed by atoms with Gasteiger partial charge in [0.05, 0.1) is 7.11 Å². The third-order valence-electron chi connectivity index (χ3n) is 5.40. The summed E-state index contributed by atoms with van der Waals surface area (Å²) >= 11 is 0. The number of carbonyl (C=O) groups excluding carboxylic acids is 1. The van der Waals surface area contributed by atoms with Gasteiger partial charge in [-0.2, -0.15) is 0 Å². The van der Waals surface area contributed by atoms with Gasteiger partial charge in [-0.3, -0.25) is 0 Å². The van der Waals surface area contributed by atoms with E-state index in [2.05, 4.69) is 0 Å². The lowest BCUT2D eigenvalue weighted by atomic mass is 10.0. The summed E-state index contributed by atoms with van der Waals surface area (Å²) in [7, 11) is 1.58. The minimum atomic E-state index is -0.603. The van der Waals surface area contributed by atoms with Crippen LogP contribution in [-0.4, -0.2) is 13.1 Å². The van der Waals surface area contributed by atoms with Crippen molar-refractivity contribution < 1.29 is 23.1 Å². The van der Waals surface area contributed by atoms with Crippen molar-refractivity contribution in [2.24, 2.45) is 0 Å².